The van der Waals surface area contributed by atoms with Crippen molar-refractivity contribution < 1.29 is 14.3 Å². The van der Waals surface area contributed by atoms with Crippen molar-refractivity contribution in [3.63, 3.8) is 0 Å². The van der Waals surface area contributed by atoms with E-state index in [9.17, 15) is 9.59 Å². The standard InChI is InChI=1S/C22H25ClN2O3S/c1-12-5-3-4-6-16(12)20(26)25-22-19(18-13(2)28-11-17(18)29-22)21(27)24-15-9-7-14(23)8-10-15/h7-10,12-13,16H,3-6,11H2,1-2H3,(H,24,27)(H,25,26). The van der Waals surface area contributed by atoms with Crippen molar-refractivity contribution in [3.8, 4) is 0 Å². The number of carbonyl (C=O) groups excluding carboxylic acids is 2. The Hall–Kier alpha value is -1.89. The van der Waals surface area contributed by atoms with Crippen LogP contribution in [0.3, 0.4) is 0 Å². The van der Waals surface area contributed by atoms with Crippen LogP contribution in [0.5, 0.6) is 0 Å². The van der Waals surface area contributed by atoms with E-state index in [2.05, 4.69) is 17.6 Å². The highest BCUT2D eigenvalue weighted by Gasteiger charge is 2.34. The molecular formula is C22H25ClN2O3S. The first kappa shape index (κ1) is 20.4. The van der Waals surface area contributed by atoms with Crippen LogP contribution in [0.15, 0.2) is 24.3 Å². The van der Waals surface area contributed by atoms with Crippen molar-refractivity contribution >= 4 is 45.4 Å². The van der Waals surface area contributed by atoms with Crippen molar-refractivity contribution in [2.75, 3.05) is 10.6 Å². The van der Waals surface area contributed by atoms with Gasteiger partial charge in [0.05, 0.1) is 18.3 Å². The number of rotatable bonds is 4. The molecule has 1 fully saturated rings. The largest absolute Gasteiger partial charge is 0.368 e. The van der Waals surface area contributed by atoms with Crippen LogP contribution in [0.2, 0.25) is 5.02 Å². The van der Waals surface area contributed by atoms with Gasteiger partial charge < -0.3 is 15.4 Å². The number of hydrogen-bond acceptors (Lipinski definition) is 4. The van der Waals surface area contributed by atoms with Gasteiger partial charge in [-0.1, -0.05) is 31.4 Å². The molecule has 1 aliphatic carbocycles. The molecule has 1 saturated carbocycles. The number of ether oxygens (including phenoxy) is 1. The minimum atomic E-state index is -0.242. The lowest BCUT2D eigenvalue weighted by Crippen LogP contribution is -2.30. The highest BCUT2D eigenvalue weighted by Crippen LogP contribution is 2.44. The van der Waals surface area contributed by atoms with E-state index < -0.39 is 0 Å². The second kappa shape index (κ2) is 8.46. The minimum Gasteiger partial charge on any atom is -0.368 e. The molecule has 154 valence electrons. The first-order valence-electron chi connectivity index (χ1n) is 10.1. The maximum absolute atomic E-state index is 13.2. The van der Waals surface area contributed by atoms with Crippen molar-refractivity contribution in [1.29, 1.82) is 0 Å². The molecule has 29 heavy (non-hydrogen) atoms. The Balaban J connectivity index is 1.61. The number of carbonyl (C=O) groups is 2. The number of thiophene rings is 1. The summed E-state index contributed by atoms with van der Waals surface area (Å²) < 4.78 is 5.71. The predicted molar refractivity (Wildman–Crippen MR) is 117 cm³/mol. The van der Waals surface area contributed by atoms with Crippen LogP contribution in [0.25, 0.3) is 0 Å². The Kier molecular flexibility index (Phi) is 5.95. The zero-order valence-corrected chi connectivity index (χ0v) is 18.2. The molecule has 1 aromatic heterocycles. The van der Waals surface area contributed by atoms with Crippen LogP contribution < -0.4 is 10.6 Å². The average Bonchev–Trinajstić information content (AvgIpc) is 3.23. The van der Waals surface area contributed by atoms with Crippen LogP contribution in [0.4, 0.5) is 10.7 Å². The molecule has 2 heterocycles. The van der Waals surface area contributed by atoms with Crippen molar-refractivity contribution in [2.24, 2.45) is 11.8 Å². The fourth-order valence-electron chi connectivity index (χ4n) is 4.26. The molecule has 1 aromatic carbocycles. The second-order valence-electron chi connectivity index (χ2n) is 7.91. The molecule has 2 amide bonds. The normalized spacial score (nSPS) is 23.5. The number of anilines is 2. The summed E-state index contributed by atoms with van der Waals surface area (Å²) in [6.45, 7) is 4.55. The third-order valence-electron chi connectivity index (χ3n) is 5.91. The maximum atomic E-state index is 13.2. The number of fused-ring (bicyclic) bond motifs is 1. The molecule has 4 rings (SSSR count). The van der Waals surface area contributed by atoms with Crippen LogP contribution in [-0.4, -0.2) is 11.8 Å². The Morgan fingerprint density at radius 2 is 1.83 bits per heavy atom. The Bertz CT molecular complexity index is 925. The molecule has 1 aliphatic heterocycles. The Morgan fingerprint density at radius 1 is 1.10 bits per heavy atom. The molecule has 3 atom stereocenters. The van der Waals surface area contributed by atoms with Gasteiger partial charge in [0.25, 0.3) is 5.91 Å². The van der Waals surface area contributed by atoms with Crippen LogP contribution in [-0.2, 0) is 16.1 Å². The van der Waals surface area contributed by atoms with E-state index in [1.54, 1.807) is 24.3 Å². The summed E-state index contributed by atoms with van der Waals surface area (Å²) >= 11 is 7.38. The lowest BCUT2D eigenvalue weighted by Gasteiger charge is -2.27. The van der Waals surface area contributed by atoms with Crippen LogP contribution in [0, 0.1) is 11.8 Å². The molecule has 3 unspecified atom stereocenters. The quantitative estimate of drug-likeness (QED) is 0.621. The van der Waals surface area contributed by atoms with Gasteiger partial charge in [-0.3, -0.25) is 9.59 Å². The van der Waals surface area contributed by atoms with E-state index in [4.69, 9.17) is 16.3 Å². The van der Waals surface area contributed by atoms with Crippen molar-refractivity contribution in [3.05, 3.63) is 45.3 Å². The van der Waals surface area contributed by atoms with Crippen molar-refractivity contribution in [1.82, 2.24) is 0 Å². The molecule has 2 aliphatic rings. The zero-order chi connectivity index (χ0) is 20.5. The molecule has 2 aromatic rings. The predicted octanol–water partition coefficient (Wildman–Crippen LogP) is 6.01. The summed E-state index contributed by atoms with van der Waals surface area (Å²) in [5.74, 6) is 0.145. The molecular weight excluding hydrogens is 408 g/mol. The first-order chi connectivity index (χ1) is 13.9. The molecule has 0 spiro atoms. The van der Waals surface area contributed by atoms with E-state index in [-0.39, 0.29) is 23.8 Å². The topological polar surface area (TPSA) is 67.4 Å². The lowest BCUT2D eigenvalue weighted by molar-refractivity contribution is -0.122. The fourth-order valence-corrected chi connectivity index (χ4v) is 5.60. The van der Waals surface area contributed by atoms with Gasteiger partial charge in [-0.15, -0.1) is 11.3 Å². The van der Waals surface area contributed by atoms with Crippen molar-refractivity contribution in [2.45, 2.75) is 52.2 Å². The highest BCUT2D eigenvalue weighted by molar-refractivity contribution is 7.17. The summed E-state index contributed by atoms with van der Waals surface area (Å²) in [5.41, 5.74) is 2.05. The summed E-state index contributed by atoms with van der Waals surface area (Å²) in [6.07, 6.45) is 4.07. The number of amides is 2. The summed E-state index contributed by atoms with van der Waals surface area (Å²) in [4.78, 5) is 27.1. The van der Waals surface area contributed by atoms with Gasteiger partial charge in [-0.25, -0.2) is 0 Å². The van der Waals surface area contributed by atoms with E-state index in [1.165, 1.54) is 17.8 Å². The molecule has 7 heteroatoms. The van der Waals surface area contributed by atoms with Gasteiger partial charge in [0.2, 0.25) is 5.91 Å². The molecule has 0 bridgehead atoms. The van der Waals surface area contributed by atoms with Gasteiger partial charge >= 0.3 is 0 Å². The van der Waals surface area contributed by atoms with E-state index >= 15 is 0 Å². The fraction of sp³-hybridized carbons (Fsp3) is 0.455. The highest BCUT2D eigenvalue weighted by atomic mass is 35.5. The molecule has 0 saturated heterocycles. The average molecular weight is 433 g/mol. The SMILES string of the molecule is CC1OCc2sc(NC(=O)C3CCCCC3C)c(C(=O)Nc3ccc(Cl)cc3)c21. The van der Waals surface area contributed by atoms with E-state index in [1.807, 2.05) is 6.92 Å². The first-order valence-corrected chi connectivity index (χ1v) is 11.3. The van der Waals surface area contributed by atoms with E-state index in [0.717, 1.165) is 29.7 Å². The summed E-state index contributed by atoms with van der Waals surface area (Å²) in [7, 11) is 0. The molecule has 0 radical (unpaired) electrons. The van der Waals surface area contributed by atoms with Gasteiger partial charge in [-0.05, 0) is 49.9 Å². The third-order valence-corrected chi connectivity index (χ3v) is 7.25. The van der Waals surface area contributed by atoms with Gasteiger partial charge in [-0.2, -0.15) is 0 Å². The minimum absolute atomic E-state index is 0.00143. The smallest absolute Gasteiger partial charge is 0.259 e. The maximum Gasteiger partial charge on any atom is 0.259 e. The monoisotopic (exact) mass is 432 g/mol. The molecule has 2 N–H and O–H groups in total. The lowest BCUT2D eigenvalue weighted by atomic mass is 9.80. The zero-order valence-electron chi connectivity index (χ0n) is 16.6. The number of halogens is 1. The number of benzene rings is 1. The Morgan fingerprint density at radius 3 is 2.55 bits per heavy atom. The van der Waals surface area contributed by atoms with Gasteiger partial charge in [0.15, 0.2) is 0 Å². The van der Waals surface area contributed by atoms with Gasteiger partial charge in [0.1, 0.15) is 5.00 Å². The number of nitrogens with one attached hydrogen (secondary N) is 2. The summed E-state index contributed by atoms with van der Waals surface area (Å²) in [6, 6.07) is 6.98. The van der Waals surface area contributed by atoms with E-state index in [0.29, 0.717) is 33.8 Å². The van der Waals surface area contributed by atoms with Crippen LogP contribution >= 0.6 is 22.9 Å². The van der Waals surface area contributed by atoms with Gasteiger partial charge in [0, 0.05) is 27.1 Å². The van der Waals surface area contributed by atoms with Crippen LogP contribution in [0.1, 0.15) is 66.4 Å². The second-order valence-corrected chi connectivity index (χ2v) is 9.46. The number of hydrogen-bond donors (Lipinski definition) is 2. The Labute approximate surface area is 179 Å². The molecule has 5 nitrogen and oxygen atoms in total. The summed E-state index contributed by atoms with van der Waals surface area (Å²) in [5, 5.41) is 7.24. The third kappa shape index (κ3) is 4.20.